The highest BCUT2D eigenvalue weighted by atomic mass is 19.4. The second-order valence-corrected chi connectivity index (χ2v) is 5.50. The maximum absolute atomic E-state index is 12.5. The van der Waals surface area contributed by atoms with Gasteiger partial charge in [-0.05, 0) is 48.4 Å². The monoisotopic (exact) mass is 348 g/mol. The molecule has 0 aliphatic heterocycles. The van der Waals surface area contributed by atoms with E-state index < -0.39 is 11.7 Å². The molecule has 0 radical (unpaired) electrons. The van der Waals surface area contributed by atoms with Crippen molar-refractivity contribution in [2.75, 3.05) is 10.6 Å². The van der Waals surface area contributed by atoms with Crippen molar-refractivity contribution in [3.8, 4) is 0 Å². The second kappa shape index (κ2) is 8.37. The first-order chi connectivity index (χ1) is 11.9. The summed E-state index contributed by atoms with van der Waals surface area (Å²) in [6.07, 6.45) is -1.62. The average Bonchev–Trinajstić information content (AvgIpc) is 2.59. The van der Waals surface area contributed by atoms with E-state index in [1.807, 2.05) is 0 Å². The molecule has 0 unspecified atom stereocenters. The summed E-state index contributed by atoms with van der Waals surface area (Å²) < 4.78 is 37.6. The number of nitrogens with one attached hydrogen (secondary N) is 2. The van der Waals surface area contributed by atoms with Crippen molar-refractivity contribution < 1.29 is 18.0 Å². The van der Waals surface area contributed by atoms with Crippen molar-refractivity contribution in [2.45, 2.75) is 25.6 Å². The fourth-order valence-electron chi connectivity index (χ4n) is 2.14. The molecule has 0 aromatic heterocycles. The van der Waals surface area contributed by atoms with Crippen molar-refractivity contribution >= 4 is 17.3 Å². The Labute approximate surface area is 144 Å². The van der Waals surface area contributed by atoms with Gasteiger partial charge >= 0.3 is 6.18 Å². The summed E-state index contributed by atoms with van der Waals surface area (Å²) in [7, 11) is 0. The third kappa shape index (κ3) is 5.99. The third-order valence-electron chi connectivity index (χ3n) is 3.52. The molecule has 0 heterocycles. The van der Waals surface area contributed by atoms with E-state index in [1.54, 1.807) is 30.3 Å². The Balaban J connectivity index is 1.87. The van der Waals surface area contributed by atoms with Crippen molar-refractivity contribution in [1.29, 1.82) is 0 Å². The summed E-state index contributed by atoms with van der Waals surface area (Å²) in [5.41, 5.74) is 1.58. The number of allylic oxidation sites excluding steroid dienone is 1. The Bertz CT molecular complexity index is 707. The molecule has 2 rings (SSSR count). The van der Waals surface area contributed by atoms with E-state index in [-0.39, 0.29) is 5.91 Å². The summed E-state index contributed by atoms with van der Waals surface area (Å²) >= 11 is 0. The Morgan fingerprint density at radius 2 is 1.60 bits per heavy atom. The Morgan fingerprint density at radius 1 is 1.00 bits per heavy atom. The summed E-state index contributed by atoms with van der Waals surface area (Å²) in [5.74, 6) is -0.0784. The van der Waals surface area contributed by atoms with E-state index in [9.17, 15) is 18.0 Å². The summed E-state index contributed by atoms with van der Waals surface area (Å²) in [5, 5.41) is 5.90. The van der Waals surface area contributed by atoms with Gasteiger partial charge < -0.3 is 10.6 Å². The van der Waals surface area contributed by atoms with Gasteiger partial charge in [0.15, 0.2) is 0 Å². The van der Waals surface area contributed by atoms with Gasteiger partial charge in [0.2, 0.25) is 5.91 Å². The van der Waals surface area contributed by atoms with Gasteiger partial charge in [0.1, 0.15) is 0 Å². The molecule has 0 saturated heterocycles. The number of halogens is 3. The quantitative estimate of drug-likeness (QED) is 0.673. The van der Waals surface area contributed by atoms with Crippen molar-refractivity contribution in [3.05, 3.63) is 72.3 Å². The summed E-state index contributed by atoms with van der Waals surface area (Å²) in [4.78, 5) is 11.6. The lowest BCUT2D eigenvalue weighted by Crippen LogP contribution is -2.10. The zero-order chi connectivity index (χ0) is 18.3. The van der Waals surface area contributed by atoms with E-state index in [4.69, 9.17) is 0 Å². The van der Waals surface area contributed by atoms with Crippen molar-refractivity contribution in [3.63, 3.8) is 0 Å². The maximum atomic E-state index is 12.5. The van der Waals surface area contributed by atoms with Gasteiger partial charge in [-0.25, -0.2) is 0 Å². The number of benzene rings is 2. The molecule has 0 fully saturated rings. The van der Waals surface area contributed by atoms with Crippen LogP contribution in [0.3, 0.4) is 0 Å². The Hall–Kier alpha value is -2.76. The molecular formula is C19H19F3N2O. The number of anilines is 2. The highest BCUT2D eigenvalue weighted by Gasteiger charge is 2.29. The highest BCUT2D eigenvalue weighted by molar-refractivity contribution is 5.90. The van der Waals surface area contributed by atoms with Crippen LogP contribution in [0.25, 0.3) is 0 Å². The zero-order valence-corrected chi connectivity index (χ0v) is 13.6. The average molecular weight is 348 g/mol. The molecule has 2 aromatic carbocycles. The Kier molecular flexibility index (Phi) is 6.22. The van der Waals surface area contributed by atoms with Crippen LogP contribution in [0.5, 0.6) is 0 Å². The lowest BCUT2D eigenvalue weighted by atomic mass is 10.1. The molecule has 0 bridgehead atoms. The minimum Gasteiger partial charge on any atom is -0.381 e. The molecule has 0 spiro atoms. The van der Waals surface area contributed by atoms with Crippen LogP contribution < -0.4 is 10.6 Å². The molecule has 2 aromatic rings. The number of hydrogen-bond donors (Lipinski definition) is 2. The SMILES string of the molecule is C=CCCC(=O)Nc1ccc(NCc2ccc(C(F)(F)F)cc2)cc1. The van der Waals surface area contributed by atoms with Gasteiger partial charge in [-0.1, -0.05) is 18.2 Å². The summed E-state index contributed by atoms with van der Waals surface area (Å²) in [6.45, 7) is 3.98. The number of rotatable bonds is 7. The molecule has 2 N–H and O–H groups in total. The molecule has 0 atom stereocenters. The van der Waals surface area contributed by atoms with Crippen LogP contribution in [0.2, 0.25) is 0 Å². The van der Waals surface area contributed by atoms with Crippen LogP contribution in [0.15, 0.2) is 61.2 Å². The topological polar surface area (TPSA) is 41.1 Å². The molecule has 132 valence electrons. The molecule has 3 nitrogen and oxygen atoms in total. The molecule has 6 heteroatoms. The van der Waals surface area contributed by atoms with Gasteiger partial charge in [-0.2, -0.15) is 13.2 Å². The van der Waals surface area contributed by atoms with Crippen molar-refractivity contribution in [1.82, 2.24) is 0 Å². The van der Waals surface area contributed by atoms with E-state index in [0.29, 0.717) is 25.1 Å². The molecule has 0 saturated carbocycles. The largest absolute Gasteiger partial charge is 0.416 e. The second-order valence-electron chi connectivity index (χ2n) is 5.50. The smallest absolute Gasteiger partial charge is 0.381 e. The fraction of sp³-hybridized carbons (Fsp3) is 0.211. The number of amides is 1. The maximum Gasteiger partial charge on any atom is 0.416 e. The van der Waals surface area contributed by atoms with E-state index in [2.05, 4.69) is 17.2 Å². The predicted molar refractivity (Wildman–Crippen MR) is 93.3 cm³/mol. The number of alkyl halides is 3. The molecule has 25 heavy (non-hydrogen) atoms. The van der Waals surface area contributed by atoms with E-state index >= 15 is 0 Å². The van der Waals surface area contributed by atoms with E-state index in [1.165, 1.54) is 12.1 Å². The summed E-state index contributed by atoms with van der Waals surface area (Å²) in [6, 6.07) is 12.2. The standard InChI is InChI=1S/C19H19F3N2O/c1-2-3-4-18(25)24-17-11-9-16(10-12-17)23-13-14-5-7-15(8-6-14)19(20,21)22/h2,5-12,23H,1,3-4,13H2,(H,24,25). The first kappa shape index (κ1) is 18.6. The predicted octanol–water partition coefficient (Wildman–Crippen LogP) is 5.22. The fourth-order valence-corrected chi connectivity index (χ4v) is 2.14. The Morgan fingerprint density at radius 3 is 2.16 bits per heavy atom. The lowest BCUT2D eigenvalue weighted by molar-refractivity contribution is -0.137. The first-order valence-corrected chi connectivity index (χ1v) is 7.79. The minimum atomic E-state index is -4.32. The molecule has 1 amide bonds. The van der Waals surface area contributed by atoms with Crippen molar-refractivity contribution in [2.24, 2.45) is 0 Å². The first-order valence-electron chi connectivity index (χ1n) is 7.79. The molecule has 0 aliphatic rings. The van der Waals surface area contributed by atoms with Crippen LogP contribution in [-0.2, 0) is 17.5 Å². The number of carbonyl (C=O) groups is 1. The number of hydrogen-bond acceptors (Lipinski definition) is 2. The number of carbonyl (C=O) groups excluding carboxylic acids is 1. The normalized spacial score (nSPS) is 11.0. The van der Waals surface area contributed by atoms with Crippen LogP contribution in [-0.4, -0.2) is 5.91 Å². The van der Waals surface area contributed by atoms with Crippen LogP contribution in [0.4, 0.5) is 24.5 Å². The van der Waals surface area contributed by atoms with Gasteiger partial charge in [-0.3, -0.25) is 4.79 Å². The van der Waals surface area contributed by atoms with E-state index in [0.717, 1.165) is 23.4 Å². The van der Waals surface area contributed by atoms with Crippen LogP contribution in [0, 0.1) is 0 Å². The van der Waals surface area contributed by atoms with Gasteiger partial charge in [0.25, 0.3) is 0 Å². The van der Waals surface area contributed by atoms with Crippen LogP contribution in [0.1, 0.15) is 24.0 Å². The highest BCUT2D eigenvalue weighted by Crippen LogP contribution is 2.29. The van der Waals surface area contributed by atoms with Gasteiger partial charge in [0.05, 0.1) is 5.56 Å². The zero-order valence-electron chi connectivity index (χ0n) is 13.6. The third-order valence-corrected chi connectivity index (χ3v) is 3.52. The lowest BCUT2D eigenvalue weighted by Gasteiger charge is -2.10. The molecule has 0 aliphatic carbocycles. The van der Waals surface area contributed by atoms with Crippen LogP contribution >= 0.6 is 0 Å². The van der Waals surface area contributed by atoms with Gasteiger partial charge in [-0.15, -0.1) is 6.58 Å². The van der Waals surface area contributed by atoms with Gasteiger partial charge in [0, 0.05) is 24.3 Å². The minimum absolute atomic E-state index is 0.0784. The molecular weight excluding hydrogens is 329 g/mol.